The number of phenolic OH excluding ortho intramolecular Hbond substituents is 3. The molecule has 3 aromatic rings. The van der Waals surface area contributed by atoms with Gasteiger partial charge in [-0.05, 0) is 123 Å². The zero-order valence-electron chi connectivity index (χ0n) is 39.6. The van der Waals surface area contributed by atoms with Crippen molar-refractivity contribution in [1.82, 2.24) is 20.0 Å². The third kappa shape index (κ3) is 15.9. The highest BCUT2D eigenvalue weighted by atomic mass is 32.2. The number of hydrogen-bond donors (Lipinski definition) is 4. The standard InChI is InChI=1S/C17H26N2O4.C16H23NO4S.C16H21NO3/c1-12(2)23-17(21)19-9-8-18(4)10-14(19)11-22-16-7-5-6-15(20)13(16)3;1-11(2)21-16(19)17-7-8-22-10-13(17)9-20-15-6-4-5-14(18)12(15)3;1-11-14(18)8-5-9-15(11)20-10-12-6-3-4-7-13(12)16(19)17-2/h5-7,12,14,20H,8-11H2,1-4H3;4-6,11,13,18H,7-10H2,1-3H3;5,8-9,18H,3-4,6-7,10H2,1-2H3,(H,17,19). The molecule has 0 radical (unpaired) electrons. The minimum atomic E-state index is -0.297. The molecule has 2 fully saturated rings. The minimum absolute atomic E-state index is 0.00377. The summed E-state index contributed by atoms with van der Waals surface area (Å²) in [6.07, 6.45) is 3.02. The van der Waals surface area contributed by atoms with Crippen LogP contribution in [0.5, 0.6) is 34.5 Å². The molecule has 2 unspecified atom stereocenters. The number of piperazine rings is 1. The van der Waals surface area contributed by atoms with Crippen molar-refractivity contribution in [3.63, 3.8) is 0 Å². The Morgan fingerprint density at radius 3 is 1.68 bits per heavy atom. The molecule has 2 heterocycles. The average Bonchev–Trinajstić information content (AvgIpc) is 3.28. The highest BCUT2D eigenvalue weighted by Gasteiger charge is 2.32. The maximum Gasteiger partial charge on any atom is 0.410 e. The Kier molecular flexibility index (Phi) is 20.8. The van der Waals surface area contributed by atoms with Gasteiger partial charge in [0.05, 0.1) is 24.3 Å². The van der Waals surface area contributed by atoms with Crippen molar-refractivity contribution < 1.29 is 53.4 Å². The van der Waals surface area contributed by atoms with E-state index in [-0.39, 0.29) is 59.6 Å². The Morgan fingerprint density at radius 1 is 0.692 bits per heavy atom. The molecule has 6 rings (SSSR count). The van der Waals surface area contributed by atoms with Crippen LogP contribution in [0.2, 0.25) is 0 Å². The normalized spacial score (nSPS) is 17.6. The lowest BCUT2D eigenvalue weighted by Gasteiger charge is -2.39. The van der Waals surface area contributed by atoms with Gasteiger partial charge >= 0.3 is 12.2 Å². The molecule has 3 aromatic carbocycles. The van der Waals surface area contributed by atoms with Crippen molar-refractivity contribution in [2.24, 2.45) is 0 Å². The third-order valence-electron chi connectivity index (χ3n) is 11.2. The number of likely N-dealkylation sites (N-methyl/N-ethyl adjacent to an activating group) is 2. The second-order valence-electron chi connectivity index (χ2n) is 16.9. The molecule has 65 heavy (non-hydrogen) atoms. The van der Waals surface area contributed by atoms with Crippen LogP contribution in [0, 0.1) is 20.8 Å². The smallest absolute Gasteiger partial charge is 0.410 e. The van der Waals surface area contributed by atoms with E-state index >= 15 is 0 Å². The molecule has 3 aliphatic rings. The predicted molar refractivity (Wildman–Crippen MR) is 254 cm³/mol. The van der Waals surface area contributed by atoms with Gasteiger partial charge in [-0.15, -0.1) is 0 Å². The Hall–Kier alpha value is -5.48. The number of carbonyl (C=O) groups excluding carboxylic acids is 3. The number of rotatable bonds is 12. The van der Waals surface area contributed by atoms with Crippen LogP contribution >= 0.6 is 11.8 Å². The maximum atomic E-state index is 12.2. The van der Waals surface area contributed by atoms with Gasteiger partial charge in [-0.3, -0.25) is 9.69 Å². The number of aromatic hydroxyl groups is 3. The zero-order chi connectivity index (χ0) is 47.6. The topological polar surface area (TPSA) is 180 Å². The van der Waals surface area contributed by atoms with Crippen molar-refractivity contribution in [2.75, 3.05) is 71.6 Å². The largest absolute Gasteiger partial charge is 0.508 e. The summed E-state index contributed by atoms with van der Waals surface area (Å²) in [5, 5.41) is 31.8. The predicted octanol–water partition coefficient (Wildman–Crippen LogP) is 7.98. The number of benzene rings is 3. The van der Waals surface area contributed by atoms with E-state index in [1.165, 1.54) is 0 Å². The van der Waals surface area contributed by atoms with Crippen LogP contribution in [0.4, 0.5) is 9.59 Å². The monoisotopic (exact) mass is 922 g/mol. The van der Waals surface area contributed by atoms with Crippen molar-refractivity contribution in [3.8, 4) is 34.5 Å². The lowest BCUT2D eigenvalue weighted by Crippen LogP contribution is -2.56. The van der Waals surface area contributed by atoms with Crippen LogP contribution in [0.25, 0.3) is 0 Å². The Balaban J connectivity index is 0.000000214. The highest BCUT2D eigenvalue weighted by Crippen LogP contribution is 2.31. The van der Waals surface area contributed by atoms with Gasteiger partial charge in [0.15, 0.2) is 0 Å². The highest BCUT2D eigenvalue weighted by molar-refractivity contribution is 7.99. The van der Waals surface area contributed by atoms with E-state index in [0.29, 0.717) is 61.3 Å². The van der Waals surface area contributed by atoms with E-state index < -0.39 is 0 Å². The van der Waals surface area contributed by atoms with Crippen molar-refractivity contribution in [2.45, 2.75) is 98.4 Å². The van der Waals surface area contributed by atoms with Gasteiger partial charge in [-0.1, -0.05) is 18.2 Å². The van der Waals surface area contributed by atoms with Crippen molar-refractivity contribution in [1.29, 1.82) is 0 Å². The Labute approximate surface area is 389 Å². The quantitative estimate of drug-likeness (QED) is 0.138. The van der Waals surface area contributed by atoms with Crippen LogP contribution in [0.1, 0.15) is 70.1 Å². The fourth-order valence-corrected chi connectivity index (χ4v) is 8.37. The van der Waals surface area contributed by atoms with E-state index in [9.17, 15) is 29.7 Å². The number of nitrogens with zero attached hydrogens (tertiary/aromatic N) is 3. The zero-order valence-corrected chi connectivity index (χ0v) is 40.4. The van der Waals surface area contributed by atoms with Gasteiger partial charge in [0.2, 0.25) is 5.91 Å². The van der Waals surface area contributed by atoms with Gasteiger partial charge in [0.1, 0.15) is 54.3 Å². The minimum Gasteiger partial charge on any atom is -0.508 e. The van der Waals surface area contributed by atoms with Gasteiger partial charge in [0.25, 0.3) is 0 Å². The lowest BCUT2D eigenvalue weighted by atomic mass is 9.91. The Bertz CT molecular complexity index is 2060. The van der Waals surface area contributed by atoms with Gasteiger partial charge in [0, 0.05) is 67.0 Å². The fourth-order valence-electron chi connectivity index (χ4n) is 7.33. The van der Waals surface area contributed by atoms with E-state index in [1.807, 2.05) is 73.7 Å². The van der Waals surface area contributed by atoms with Crippen molar-refractivity contribution >= 4 is 29.9 Å². The number of carbonyl (C=O) groups is 3. The van der Waals surface area contributed by atoms with E-state index in [4.69, 9.17) is 23.7 Å². The van der Waals surface area contributed by atoms with Crippen LogP contribution in [-0.4, -0.2) is 144 Å². The number of amides is 3. The summed E-state index contributed by atoms with van der Waals surface area (Å²) in [5.41, 5.74) is 4.07. The Morgan fingerprint density at radius 2 is 1.17 bits per heavy atom. The number of hydrogen-bond acceptors (Lipinski definition) is 13. The van der Waals surface area contributed by atoms with Gasteiger partial charge in [-0.25, -0.2) is 9.59 Å². The first kappa shape index (κ1) is 52.1. The first-order valence-electron chi connectivity index (χ1n) is 22.4. The molecule has 0 spiro atoms. The number of thioether (sulfide) groups is 1. The molecular weight excluding hydrogens is 853 g/mol. The molecule has 2 aliphatic heterocycles. The summed E-state index contributed by atoms with van der Waals surface area (Å²) >= 11 is 1.81. The van der Waals surface area contributed by atoms with Crippen LogP contribution in [0.3, 0.4) is 0 Å². The van der Waals surface area contributed by atoms with Gasteiger partial charge < -0.3 is 54.1 Å². The molecule has 16 heteroatoms. The third-order valence-corrected chi connectivity index (χ3v) is 12.3. The molecule has 2 saturated heterocycles. The van der Waals surface area contributed by atoms with E-state index in [1.54, 1.807) is 65.0 Å². The van der Waals surface area contributed by atoms with E-state index in [2.05, 4.69) is 10.2 Å². The number of ether oxygens (including phenoxy) is 5. The molecular formula is C49H70N4O11S. The summed E-state index contributed by atoms with van der Waals surface area (Å²) < 4.78 is 28.1. The molecule has 3 amide bonds. The molecule has 358 valence electrons. The fraction of sp³-hybridized carbons (Fsp3) is 0.531. The molecule has 1 aliphatic carbocycles. The molecule has 0 aromatic heterocycles. The summed E-state index contributed by atoms with van der Waals surface area (Å²) in [6, 6.07) is 15.5. The van der Waals surface area contributed by atoms with Gasteiger partial charge in [-0.2, -0.15) is 11.8 Å². The van der Waals surface area contributed by atoms with Crippen LogP contribution in [-0.2, 0) is 14.3 Å². The number of phenols is 3. The van der Waals surface area contributed by atoms with E-state index in [0.717, 1.165) is 67.0 Å². The molecule has 4 N–H and O–H groups in total. The first-order valence-corrected chi connectivity index (χ1v) is 23.5. The first-order chi connectivity index (χ1) is 31.0. The lowest BCUT2D eigenvalue weighted by molar-refractivity contribution is -0.117. The summed E-state index contributed by atoms with van der Waals surface area (Å²) in [4.78, 5) is 41.9. The maximum absolute atomic E-state index is 12.2. The molecule has 0 bridgehead atoms. The second-order valence-corrected chi connectivity index (χ2v) is 18.0. The molecule has 0 saturated carbocycles. The second kappa shape index (κ2) is 25.9. The summed E-state index contributed by atoms with van der Waals surface area (Å²) in [5.74, 6) is 4.33. The average molecular weight is 923 g/mol. The molecule has 15 nitrogen and oxygen atoms in total. The van der Waals surface area contributed by atoms with Crippen LogP contribution < -0.4 is 19.5 Å². The van der Waals surface area contributed by atoms with Crippen molar-refractivity contribution in [3.05, 3.63) is 82.4 Å². The van der Waals surface area contributed by atoms with Crippen LogP contribution in [0.15, 0.2) is 65.7 Å². The summed E-state index contributed by atoms with van der Waals surface area (Å²) in [7, 11) is 3.68. The molecule has 2 atom stereocenters. The SMILES string of the molecule is CNC(=O)C1=C(COc2cccc(O)c2C)CCCC1.Cc1c(O)cccc1OCC1CN(C)CCN1C(=O)OC(C)C.Cc1c(O)cccc1OCC1CSCCN1C(=O)OC(C)C. The number of nitrogens with one attached hydrogen (secondary N) is 1. The summed E-state index contributed by atoms with van der Waals surface area (Å²) in [6.45, 7) is 16.8.